The molecular weight excluding hydrogens is 374 g/mol. The number of hydrazine groups is 1. The molecule has 0 fully saturated rings. The highest BCUT2D eigenvalue weighted by Crippen LogP contribution is 2.30. The number of benzene rings is 1. The van der Waals surface area contributed by atoms with Crippen LogP contribution in [0.2, 0.25) is 0 Å². The zero-order valence-electron chi connectivity index (χ0n) is 17.5. The van der Waals surface area contributed by atoms with Crippen molar-refractivity contribution in [3.8, 4) is 5.69 Å². The highest BCUT2D eigenvalue weighted by atomic mass is 16.1. The molecule has 1 aromatic carbocycles. The number of nitrogens with zero attached hydrogens (tertiary/aromatic N) is 2. The van der Waals surface area contributed by atoms with E-state index in [2.05, 4.69) is 45.9 Å². The van der Waals surface area contributed by atoms with E-state index in [0.717, 1.165) is 55.1 Å². The summed E-state index contributed by atoms with van der Waals surface area (Å²) in [6, 6.07) is 10.1. The molecule has 4 heterocycles. The first-order chi connectivity index (χ1) is 14.7. The first kappa shape index (κ1) is 18.8. The van der Waals surface area contributed by atoms with Crippen molar-refractivity contribution in [1.29, 1.82) is 0 Å². The molecular formula is C24H27N5O. The Bertz CT molecular complexity index is 1240. The fourth-order valence-electron chi connectivity index (χ4n) is 4.57. The maximum atomic E-state index is 12.9. The summed E-state index contributed by atoms with van der Waals surface area (Å²) in [6.07, 6.45) is 7.93. The summed E-state index contributed by atoms with van der Waals surface area (Å²) in [7, 11) is 0. The Balaban J connectivity index is 1.58. The van der Waals surface area contributed by atoms with Gasteiger partial charge in [0.25, 0.3) is 5.56 Å². The Kier molecular flexibility index (Phi) is 4.71. The van der Waals surface area contributed by atoms with Gasteiger partial charge in [-0.05, 0) is 62.7 Å². The second kappa shape index (κ2) is 7.54. The molecule has 3 aromatic rings. The summed E-state index contributed by atoms with van der Waals surface area (Å²) >= 11 is 0. The van der Waals surface area contributed by atoms with Crippen LogP contribution in [0.5, 0.6) is 0 Å². The van der Waals surface area contributed by atoms with Gasteiger partial charge in [0.2, 0.25) is 0 Å². The predicted octanol–water partition coefficient (Wildman–Crippen LogP) is 2.85. The maximum Gasteiger partial charge on any atom is 0.255 e. The zero-order chi connectivity index (χ0) is 20.7. The SMILES string of the molecule is CCn1c2c(c3ccc(-n4ccc(C5=CC=C(C)NN5)cc4=O)cc31)CCNCC2. The van der Waals surface area contributed by atoms with E-state index in [0.29, 0.717) is 0 Å². The molecule has 6 heteroatoms. The molecule has 2 aromatic heterocycles. The van der Waals surface area contributed by atoms with Crippen LogP contribution < -0.4 is 21.7 Å². The molecule has 0 aliphatic carbocycles. The van der Waals surface area contributed by atoms with Gasteiger partial charge >= 0.3 is 0 Å². The molecule has 0 bridgehead atoms. The summed E-state index contributed by atoms with van der Waals surface area (Å²) < 4.78 is 4.14. The summed E-state index contributed by atoms with van der Waals surface area (Å²) in [5.74, 6) is 0. The second-order valence-electron chi connectivity index (χ2n) is 7.92. The number of allylic oxidation sites excluding steroid dienone is 3. The van der Waals surface area contributed by atoms with Crippen molar-refractivity contribution >= 4 is 16.6 Å². The van der Waals surface area contributed by atoms with Gasteiger partial charge in [-0.1, -0.05) is 6.07 Å². The first-order valence-electron chi connectivity index (χ1n) is 10.6. The van der Waals surface area contributed by atoms with Crippen molar-refractivity contribution in [3.63, 3.8) is 0 Å². The third-order valence-corrected chi connectivity index (χ3v) is 6.08. The Labute approximate surface area is 175 Å². The molecule has 0 atom stereocenters. The standard InChI is InChI=1S/C24H27N5O/c1-3-28-22-9-12-25-11-8-20(22)19-6-5-18(15-23(19)28)29-13-10-17(14-24(29)30)21-7-4-16(2)26-27-21/h4-7,10,13-15,25-27H,3,8-9,11-12H2,1-2H3. The van der Waals surface area contributed by atoms with Gasteiger partial charge in [0.05, 0.1) is 16.9 Å². The molecule has 3 N–H and O–H groups in total. The lowest BCUT2D eigenvalue weighted by atomic mass is 10.1. The molecule has 5 rings (SSSR count). The van der Waals surface area contributed by atoms with Gasteiger partial charge in [0.15, 0.2) is 0 Å². The van der Waals surface area contributed by atoms with E-state index in [1.165, 1.54) is 22.2 Å². The number of pyridine rings is 1. The summed E-state index contributed by atoms with van der Waals surface area (Å²) in [5, 5.41) is 4.81. The van der Waals surface area contributed by atoms with E-state index in [-0.39, 0.29) is 5.56 Å². The summed E-state index contributed by atoms with van der Waals surface area (Å²) in [5.41, 5.74) is 14.0. The van der Waals surface area contributed by atoms with E-state index in [1.54, 1.807) is 10.6 Å². The van der Waals surface area contributed by atoms with Gasteiger partial charge in [-0.2, -0.15) is 0 Å². The maximum absolute atomic E-state index is 12.9. The van der Waals surface area contributed by atoms with Crippen LogP contribution in [0.15, 0.2) is 59.2 Å². The van der Waals surface area contributed by atoms with Gasteiger partial charge in [0, 0.05) is 54.1 Å². The zero-order valence-corrected chi connectivity index (χ0v) is 17.5. The Morgan fingerprint density at radius 1 is 1.03 bits per heavy atom. The van der Waals surface area contributed by atoms with Gasteiger partial charge in [0.1, 0.15) is 0 Å². The fraction of sp³-hybridized carbons (Fsp3) is 0.292. The minimum atomic E-state index is -0.0406. The lowest BCUT2D eigenvalue weighted by Gasteiger charge is -2.17. The van der Waals surface area contributed by atoms with Crippen molar-refractivity contribution in [2.24, 2.45) is 0 Å². The molecule has 2 aliphatic rings. The molecule has 0 amide bonds. The molecule has 30 heavy (non-hydrogen) atoms. The number of fused-ring (bicyclic) bond motifs is 3. The molecule has 0 spiro atoms. The van der Waals surface area contributed by atoms with E-state index < -0.39 is 0 Å². The average Bonchev–Trinajstić information content (AvgIpc) is 2.89. The lowest BCUT2D eigenvalue weighted by molar-refractivity contribution is 0.683. The summed E-state index contributed by atoms with van der Waals surface area (Å²) in [6.45, 7) is 7.15. The molecule has 0 saturated carbocycles. The van der Waals surface area contributed by atoms with Crippen LogP contribution in [-0.2, 0) is 19.4 Å². The number of nitrogens with one attached hydrogen (secondary N) is 3. The monoisotopic (exact) mass is 401 g/mol. The van der Waals surface area contributed by atoms with Gasteiger partial charge in [-0.25, -0.2) is 0 Å². The molecule has 6 nitrogen and oxygen atoms in total. The van der Waals surface area contributed by atoms with Crippen molar-refractivity contribution < 1.29 is 0 Å². The highest BCUT2D eigenvalue weighted by Gasteiger charge is 2.18. The number of aryl methyl sites for hydroxylation is 1. The van der Waals surface area contributed by atoms with E-state index >= 15 is 0 Å². The van der Waals surface area contributed by atoms with Crippen LogP contribution in [0.25, 0.3) is 22.3 Å². The number of rotatable bonds is 3. The minimum Gasteiger partial charge on any atom is -0.344 e. The van der Waals surface area contributed by atoms with Crippen LogP contribution in [0.4, 0.5) is 0 Å². The van der Waals surface area contributed by atoms with Gasteiger partial charge in [-0.3, -0.25) is 9.36 Å². The summed E-state index contributed by atoms with van der Waals surface area (Å²) in [4.78, 5) is 12.9. The highest BCUT2D eigenvalue weighted by molar-refractivity contribution is 5.87. The van der Waals surface area contributed by atoms with Crippen molar-refractivity contribution in [2.45, 2.75) is 33.2 Å². The second-order valence-corrected chi connectivity index (χ2v) is 7.92. The van der Waals surface area contributed by atoms with Crippen molar-refractivity contribution in [2.75, 3.05) is 13.1 Å². The molecule has 154 valence electrons. The minimum absolute atomic E-state index is 0.0406. The average molecular weight is 402 g/mol. The Hall–Kier alpha value is -3.25. The Morgan fingerprint density at radius 2 is 1.90 bits per heavy atom. The van der Waals surface area contributed by atoms with Gasteiger partial charge in [-0.15, -0.1) is 0 Å². The quantitative estimate of drug-likeness (QED) is 0.632. The van der Waals surface area contributed by atoms with Crippen LogP contribution in [-0.4, -0.2) is 22.2 Å². The third-order valence-electron chi connectivity index (χ3n) is 6.08. The predicted molar refractivity (Wildman–Crippen MR) is 121 cm³/mol. The largest absolute Gasteiger partial charge is 0.344 e. The molecule has 2 aliphatic heterocycles. The number of aromatic nitrogens is 2. The topological polar surface area (TPSA) is 63.0 Å². The molecule has 0 radical (unpaired) electrons. The van der Waals surface area contributed by atoms with Crippen molar-refractivity contribution in [3.05, 3.63) is 81.6 Å². The lowest BCUT2D eigenvalue weighted by Crippen LogP contribution is -2.31. The van der Waals surface area contributed by atoms with Crippen LogP contribution in [0.1, 0.15) is 30.7 Å². The molecule has 0 unspecified atom stereocenters. The van der Waals surface area contributed by atoms with Crippen LogP contribution >= 0.6 is 0 Å². The normalized spacial score (nSPS) is 16.2. The van der Waals surface area contributed by atoms with E-state index in [9.17, 15) is 4.79 Å². The number of hydrogen-bond acceptors (Lipinski definition) is 4. The van der Waals surface area contributed by atoms with Gasteiger partial charge < -0.3 is 20.7 Å². The number of hydrogen-bond donors (Lipinski definition) is 3. The molecule has 0 saturated heterocycles. The third kappa shape index (κ3) is 3.13. The van der Waals surface area contributed by atoms with Crippen LogP contribution in [0.3, 0.4) is 0 Å². The fourth-order valence-corrected chi connectivity index (χ4v) is 4.57. The Morgan fingerprint density at radius 3 is 2.67 bits per heavy atom. The van der Waals surface area contributed by atoms with Crippen LogP contribution in [0, 0.1) is 0 Å². The smallest absolute Gasteiger partial charge is 0.255 e. The first-order valence-corrected chi connectivity index (χ1v) is 10.6. The van der Waals surface area contributed by atoms with Crippen molar-refractivity contribution in [1.82, 2.24) is 25.3 Å². The van der Waals surface area contributed by atoms with E-state index in [1.807, 2.05) is 31.3 Å². The van der Waals surface area contributed by atoms with E-state index in [4.69, 9.17) is 0 Å².